The van der Waals surface area contributed by atoms with Gasteiger partial charge in [-0.25, -0.2) is 0 Å². The number of benzene rings is 1. The summed E-state index contributed by atoms with van der Waals surface area (Å²) in [7, 11) is 0. The molecule has 0 saturated carbocycles. The average Bonchev–Trinajstić information content (AvgIpc) is 2.71. The van der Waals surface area contributed by atoms with Crippen molar-refractivity contribution < 1.29 is 9.90 Å². The number of carboxylic acid groups (broad SMARTS) is 1. The predicted octanol–water partition coefficient (Wildman–Crippen LogP) is 2.65. The standard InChI is InChI=1S/C13H14O2SSe/c1-9(13(14)15)16-7-6-11-8-10-4-2-3-5-12(10)17-11/h2-5,8-9H,6-7H2,1H3,(H,14,15). The molecule has 1 atom stereocenters. The minimum atomic E-state index is -0.718. The number of fused-ring (bicyclic) bond motifs is 1. The van der Waals surface area contributed by atoms with Crippen LogP contribution in [0, 0.1) is 0 Å². The minimum absolute atomic E-state index is 0.299. The number of hydrogen-bond acceptors (Lipinski definition) is 2. The first-order valence-corrected chi connectivity index (χ1v) is 8.25. The number of thioether (sulfide) groups is 1. The third kappa shape index (κ3) is 3.38. The van der Waals surface area contributed by atoms with Gasteiger partial charge in [0.2, 0.25) is 0 Å². The SMILES string of the molecule is CC(SCCc1cc2ccccc2[se]1)C(=O)O. The van der Waals surface area contributed by atoms with E-state index >= 15 is 0 Å². The summed E-state index contributed by atoms with van der Waals surface area (Å²) >= 11 is 1.97. The summed E-state index contributed by atoms with van der Waals surface area (Å²) in [4.78, 5) is 10.7. The van der Waals surface area contributed by atoms with Crippen LogP contribution < -0.4 is 0 Å². The molecule has 1 aromatic carbocycles. The molecular formula is C13H14O2SSe. The van der Waals surface area contributed by atoms with Gasteiger partial charge in [-0.1, -0.05) is 0 Å². The van der Waals surface area contributed by atoms with Crippen LogP contribution >= 0.6 is 11.8 Å². The van der Waals surface area contributed by atoms with Gasteiger partial charge in [-0.05, 0) is 0 Å². The van der Waals surface area contributed by atoms with E-state index in [1.807, 2.05) is 0 Å². The first-order chi connectivity index (χ1) is 8.16. The topological polar surface area (TPSA) is 37.3 Å². The Balaban J connectivity index is 1.93. The summed E-state index contributed by atoms with van der Waals surface area (Å²) in [5.41, 5.74) is 0. The number of rotatable bonds is 5. The van der Waals surface area contributed by atoms with Gasteiger partial charge in [0, 0.05) is 0 Å². The van der Waals surface area contributed by atoms with Gasteiger partial charge in [0.1, 0.15) is 0 Å². The molecule has 0 spiro atoms. The van der Waals surface area contributed by atoms with Crippen LogP contribution in [0.4, 0.5) is 0 Å². The van der Waals surface area contributed by atoms with Crippen LogP contribution in [0.15, 0.2) is 30.3 Å². The second-order valence-electron chi connectivity index (χ2n) is 3.85. The molecule has 4 heteroatoms. The van der Waals surface area contributed by atoms with E-state index in [2.05, 4.69) is 30.3 Å². The molecule has 0 aliphatic rings. The van der Waals surface area contributed by atoms with Gasteiger partial charge in [-0.15, -0.1) is 0 Å². The zero-order valence-corrected chi connectivity index (χ0v) is 12.1. The van der Waals surface area contributed by atoms with Crippen molar-refractivity contribution in [3.8, 4) is 0 Å². The molecule has 17 heavy (non-hydrogen) atoms. The van der Waals surface area contributed by atoms with Crippen molar-refractivity contribution in [2.75, 3.05) is 5.75 Å². The van der Waals surface area contributed by atoms with Crippen molar-refractivity contribution in [2.45, 2.75) is 18.6 Å². The molecule has 2 aromatic rings. The monoisotopic (exact) mass is 314 g/mol. The zero-order chi connectivity index (χ0) is 12.3. The summed E-state index contributed by atoms with van der Waals surface area (Å²) in [5, 5.41) is 9.83. The predicted molar refractivity (Wildman–Crippen MR) is 74.1 cm³/mol. The van der Waals surface area contributed by atoms with Gasteiger partial charge in [-0.2, -0.15) is 0 Å². The van der Waals surface area contributed by atoms with Gasteiger partial charge in [-0.3, -0.25) is 0 Å². The Kier molecular flexibility index (Phi) is 4.32. The number of aryl methyl sites for hydroxylation is 1. The molecule has 90 valence electrons. The molecule has 0 fully saturated rings. The van der Waals surface area contributed by atoms with Crippen molar-refractivity contribution in [1.82, 2.24) is 0 Å². The normalized spacial score (nSPS) is 12.8. The second kappa shape index (κ2) is 5.76. The van der Waals surface area contributed by atoms with E-state index in [1.165, 1.54) is 25.8 Å². The van der Waals surface area contributed by atoms with Crippen molar-refractivity contribution in [3.63, 3.8) is 0 Å². The first kappa shape index (κ1) is 12.7. The summed E-state index contributed by atoms with van der Waals surface area (Å²) in [6, 6.07) is 10.7. The molecule has 1 N–H and O–H groups in total. The van der Waals surface area contributed by atoms with Crippen LogP contribution in [-0.2, 0) is 11.2 Å². The number of hydrogen-bond donors (Lipinski definition) is 1. The molecule has 0 aliphatic carbocycles. The van der Waals surface area contributed by atoms with E-state index < -0.39 is 5.97 Å². The van der Waals surface area contributed by atoms with Gasteiger partial charge >= 0.3 is 111 Å². The van der Waals surface area contributed by atoms with Gasteiger partial charge in [0.25, 0.3) is 0 Å². The number of carboxylic acids is 1. The van der Waals surface area contributed by atoms with Gasteiger partial charge < -0.3 is 0 Å². The molecule has 0 amide bonds. The quantitative estimate of drug-likeness (QED) is 0.862. The van der Waals surface area contributed by atoms with Crippen LogP contribution in [0.25, 0.3) is 9.65 Å². The third-order valence-electron chi connectivity index (χ3n) is 2.54. The van der Waals surface area contributed by atoms with Crippen molar-refractivity contribution in [2.24, 2.45) is 0 Å². The third-order valence-corrected chi connectivity index (χ3v) is 6.15. The van der Waals surface area contributed by atoms with Crippen molar-refractivity contribution in [3.05, 3.63) is 34.8 Å². The van der Waals surface area contributed by atoms with Crippen LogP contribution in [0.1, 0.15) is 11.4 Å². The van der Waals surface area contributed by atoms with Gasteiger partial charge in [0.05, 0.1) is 0 Å². The van der Waals surface area contributed by atoms with Crippen molar-refractivity contribution >= 4 is 41.9 Å². The fourth-order valence-corrected chi connectivity index (χ4v) is 4.93. The second-order valence-corrected chi connectivity index (χ2v) is 7.75. The Morgan fingerprint density at radius 3 is 2.94 bits per heavy atom. The van der Waals surface area contributed by atoms with Crippen LogP contribution in [0.5, 0.6) is 0 Å². The molecule has 0 saturated heterocycles. The maximum atomic E-state index is 10.7. The van der Waals surface area contributed by atoms with E-state index in [0.29, 0.717) is 14.5 Å². The van der Waals surface area contributed by atoms with E-state index in [-0.39, 0.29) is 5.25 Å². The van der Waals surface area contributed by atoms with E-state index in [0.717, 1.165) is 12.2 Å². The molecule has 0 radical (unpaired) electrons. The number of aliphatic carboxylic acids is 1. The fraction of sp³-hybridized carbons (Fsp3) is 0.308. The molecule has 2 rings (SSSR count). The Morgan fingerprint density at radius 1 is 1.47 bits per heavy atom. The Bertz CT molecular complexity index is 488. The van der Waals surface area contributed by atoms with Crippen LogP contribution in [0.3, 0.4) is 0 Å². The molecule has 0 aliphatic heterocycles. The summed E-state index contributed by atoms with van der Waals surface area (Å²) in [6.45, 7) is 1.75. The van der Waals surface area contributed by atoms with Crippen LogP contribution in [0.2, 0.25) is 0 Å². The molecule has 0 bridgehead atoms. The molecule has 2 nitrogen and oxygen atoms in total. The van der Waals surface area contributed by atoms with Crippen molar-refractivity contribution in [1.29, 1.82) is 0 Å². The van der Waals surface area contributed by atoms with Gasteiger partial charge in [0.15, 0.2) is 0 Å². The summed E-state index contributed by atoms with van der Waals surface area (Å²) in [5.74, 6) is 0.180. The zero-order valence-electron chi connectivity index (χ0n) is 9.55. The Hall–Kier alpha value is -0.701. The van der Waals surface area contributed by atoms with Crippen LogP contribution in [-0.4, -0.2) is 36.6 Å². The Morgan fingerprint density at radius 2 is 2.24 bits per heavy atom. The molecule has 1 aromatic heterocycles. The summed E-state index contributed by atoms with van der Waals surface area (Å²) < 4.78 is 2.93. The average molecular weight is 313 g/mol. The van der Waals surface area contributed by atoms with E-state index in [1.54, 1.807) is 6.92 Å². The molecule has 1 heterocycles. The van der Waals surface area contributed by atoms with E-state index in [4.69, 9.17) is 5.11 Å². The molecular weight excluding hydrogens is 299 g/mol. The fourth-order valence-electron chi connectivity index (χ4n) is 1.57. The number of carbonyl (C=O) groups is 1. The Labute approximate surface area is 111 Å². The maximum absolute atomic E-state index is 10.7. The molecule has 1 unspecified atom stereocenters. The summed E-state index contributed by atoms with van der Waals surface area (Å²) in [6.07, 6.45) is 1.01. The first-order valence-electron chi connectivity index (χ1n) is 5.48. The van der Waals surface area contributed by atoms with E-state index in [9.17, 15) is 4.79 Å².